The fraction of sp³-hybridized carbons (Fsp3) is 0.0769. The van der Waals surface area contributed by atoms with Gasteiger partial charge in [-0.05, 0) is 12.1 Å². The van der Waals surface area contributed by atoms with Gasteiger partial charge in [0.1, 0.15) is 17.3 Å². The molecule has 0 atom stereocenters. The van der Waals surface area contributed by atoms with Gasteiger partial charge in [0, 0.05) is 5.56 Å². The van der Waals surface area contributed by atoms with Crippen molar-refractivity contribution in [1.29, 1.82) is 5.41 Å². The number of nitrogen functional groups attached to an aromatic ring is 1. The number of benzene rings is 1. The molecule has 0 saturated carbocycles. The van der Waals surface area contributed by atoms with Gasteiger partial charge in [-0.3, -0.25) is 5.41 Å². The lowest BCUT2D eigenvalue weighted by Crippen LogP contribution is -2.13. The van der Waals surface area contributed by atoms with Crippen molar-refractivity contribution >= 4 is 16.9 Å². The first-order chi connectivity index (χ1) is 9.66. The first-order valence-corrected chi connectivity index (χ1v) is 5.93. The maximum Gasteiger partial charge on any atom is 0.181 e. The molecular weight excluding hydrogens is 259 g/mol. The van der Waals surface area contributed by atoms with E-state index in [9.17, 15) is 4.39 Å². The number of amidine groups is 1. The smallest absolute Gasteiger partial charge is 0.181 e. The molecule has 0 aliphatic carbocycles. The van der Waals surface area contributed by atoms with Gasteiger partial charge in [-0.2, -0.15) is 10.2 Å². The summed E-state index contributed by atoms with van der Waals surface area (Å²) in [5, 5.41) is 20.2. The van der Waals surface area contributed by atoms with Gasteiger partial charge in [-0.15, -0.1) is 5.10 Å². The summed E-state index contributed by atoms with van der Waals surface area (Å²) in [4.78, 5) is 0. The number of fused-ring (bicyclic) bond motifs is 1. The number of rotatable bonds is 3. The van der Waals surface area contributed by atoms with Crippen LogP contribution in [0.2, 0.25) is 0 Å². The van der Waals surface area contributed by atoms with Crippen LogP contribution in [0.1, 0.15) is 11.3 Å². The summed E-state index contributed by atoms with van der Waals surface area (Å²) in [5.41, 5.74) is 6.78. The zero-order valence-corrected chi connectivity index (χ0v) is 10.4. The number of nitrogens with zero attached hydrogens (tertiary/aromatic N) is 4. The van der Waals surface area contributed by atoms with Crippen molar-refractivity contribution in [1.82, 2.24) is 20.0 Å². The maximum atomic E-state index is 13.7. The van der Waals surface area contributed by atoms with E-state index >= 15 is 0 Å². The molecule has 0 spiro atoms. The minimum atomic E-state index is -0.315. The van der Waals surface area contributed by atoms with Gasteiger partial charge in [-0.25, -0.2) is 9.07 Å². The summed E-state index contributed by atoms with van der Waals surface area (Å²) in [6, 6.07) is 8.12. The predicted octanol–water partition coefficient (Wildman–Crippen LogP) is 1.30. The van der Waals surface area contributed by atoms with E-state index in [0.29, 0.717) is 22.3 Å². The van der Waals surface area contributed by atoms with E-state index in [4.69, 9.17) is 11.1 Å². The quantitative estimate of drug-likeness (QED) is 0.554. The molecule has 0 fully saturated rings. The van der Waals surface area contributed by atoms with Crippen LogP contribution in [0.4, 0.5) is 4.39 Å². The molecule has 1 aromatic carbocycles. The number of halogens is 1. The monoisotopic (exact) mass is 270 g/mol. The Kier molecular flexibility index (Phi) is 2.86. The molecule has 6 nitrogen and oxygen atoms in total. The fourth-order valence-corrected chi connectivity index (χ4v) is 2.02. The fourth-order valence-electron chi connectivity index (χ4n) is 2.02. The summed E-state index contributed by atoms with van der Waals surface area (Å²) in [7, 11) is 0. The maximum absolute atomic E-state index is 13.7. The van der Waals surface area contributed by atoms with Crippen LogP contribution in [-0.2, 0) is 6.54 Å². The highest BCUT2D eigenvalue weighted by Gasteiger charge is 2.15. The largest absolute Gasteiger partial charge is 0.382 e. The molecule has 0 aliphatic rings. The summed E-state index contributed by atoms with van der Waals surface area (Å²) in [6.07, 6.45) is 1.50. The molecular formula is C13H11FN6. The van der Waals surface area contributed by atoms with E-state index in [2.05, 4.69) is 15.3 Å². The molecule has 0 saturated heterocycles. The lowest BCUT2D eigenvalue weighted by Gasteiger charge is -2.03. The molecule has 7 heteroatoms. The van der Waals surface area contributed by atoms with Gasteiger partial charge >= 0.3 is 0 Å². The molecule has 3 aromatic rings. The first-order valence-electron chi connectivity index (χ1n) is 5.93. The zero-order valence-electron chi connectivity index (χ0n) is 10.4. The van der Waals surface area contributed by atoms with Crippen molar-refractivity contribution in [2.24, 2.45) is 5.73 Å². The van der Waals surface area contributed by atoms with Crippen LogP contribution in [-0.4, -0.2) is 25.8 Å². The molecule has 2 aromatic heterocycles. The Morgan fingerprint density at radius 1 is 1.30 bits per heavy atom. The molecule has 2 heterocycles. The molecule has 0 aliphatic heterocycles. The topological polar surface area (TPSA) is 93.5 Å². The molecule has 0 amide bonds. The second-order valence-electron chi connectivity index (χ2n) is 4.28. The number of nitrogens with one attached hydrogen (secondary N) is 1. The van der Waals surface area contributed by atoms with E-state index in [1.54, 1.807) is 24.3 Å². The van der Waals surface area contributed by atoms with Gasteiger partial charge in [0.25, 0.3) is 0 Å². The van der Waals surface area contributed by atoms with Crippen LogP contribution in [0.25, 0.3) is 11.0 Å². The normalized spacial score (nSPS) is 10.8. The van der Waals surface area contributed by atoms with E-state index in [1.165, 1.54) is 16.9 Å². The average Bonchev–Trinajstić information content (AvgIpc) is 2.81. The van der Waals surface area contributed by atoms with Gasteiger partial charge in [0.2, 0.25) is 0 Å². The summed E-state index contributed by atoms with van der Waals surface area (Å²) in [5.74, 6) is -0.473. The predicted molar refractivity (Wildman–Crippen MR) is 71.8 cm³/mol. The molecule has 0 unspecified atom stereocenters. The zero-order chi connectivity index (χ0) is 14.1. The van der Waals surface area contributed by atoms with E-state index in [-0.39, 0.29) is 18.2 Å². The molecule has 0 bridgehead atoms. The highest BCUT2D eigenvalue weighted by atomic mass is 19.1. The SMILES string of the molecule is N=C(N)c1nn(Cc2ccccc2F)c2nnccc12. The van der Waals surface area contributed by atoms with Gasteiger partial charge < -0.3 is 5.73 Å². The molecule has 0 radical (unpaired) electrons. The van der Waals surface area contributed by atoms with Crippen molar-refractivity contribution in [2.45, 2.75) is 6.54 Å². The Morgan fingerprint density at radius 3 is 2.85 bits per heavy atom. The number of nitrogens with two attached hydrogens (primary N) is 1. The number of aromatic nitrogens is 4. The van der Waals surface area contributed by atoms with E-state index in [0.717, 1.165) is 0 Å². The van der Waals surface area contributed by atoms with Gasteiger partial charge in [0.15, 0.2) is 5.65 Å². The third kappa shape index (κ3) is 1.99. The van der Waals surface area contributed by atoms with E-state index < -0.39 is 0 Å². The van der Waals surface area contributed by atoms with Gasteiger partial charge in [0.05, 0.1) is 18.1 Å². The molecule has 3 rings (SSSR count). The standard InChI is InChI=1S/C13H11FN6/c14-10-4-2-1-3-8(10)7-20-13-9(5-6-17-18-13)11(19-20)12(15)16/h1-6H,7H2,(H3,15,16). The van der Waals surface area contributed by atoms with Crippen LogP contribution in [0.5, 0.6) is 0 Å². The number of hydrogen-bond donors (Lipinski definition) is 2. The summed E-state index contributed by atoms with van der Waals surface area (Å²) < 4.78 is 15.2. The highest BCUT2D eigenvalue weighted by molar-refractivity contribution is 6.04. The Balaban J connectivity index is 2.13. The molecule has 20 heavy (non-hydrogen) atoms. The van der Waals surface area contributed by atoms with Crippen molar-refractivity contribution in [3.63, 3.8) is 0 Å². The van der Waals surface area contributed by atoms with Crippen LogP contribution < -0.4 is 5.73 Å². The van der Waals surface area contributed by atoms with Crippen LogP contribution >= 0.6 is 0 Å². The third-order valence-corrected chi connectivity index (χ3v) is 2.95. The van der Waals surface area contributed by atoms with Crippen molar-refractivity contribution in [3.05, 3.63) is 53.6 Å². The highest BCUT2D eigenvalue weighted by Crippen LogP contribution is 2.17. The average molecular weight is 270 g/mol. The Morgan fingerprint density at radius 2 is 2.10 bits per heavy atom. The van der Waals surface area contributed by atoms with E-state index in [1.807, 2.05) is 0 Å². The second kappa shape index (κ2) is 4.69. The minimum absolute atomic E-state index is 0.157. The summed E-state index contributed by atoms with van der Waals surface area (Å²) >= 11 is 0. The molecule has 100 valence electrons. The van der Waals surface area contributed by atoms with Crippen molar-refractivity contribution < 1.29 is 4.39 Å². The van der Waals surface area contributed by atoms with Crippen LogP contribution in [0.15, 0.2) is 36.5 Å². The van der Waals surface area contributed by atoms with Gasteiger partial charge in [-0.1, -0.05) is 18.2 Å². The Hall–Kier alpha value is -2.83. The summed E-state index contributed by atoms with van der Waals surface area (Å²) in [6.45, 7) is 0.204. The Bertz CT molecular complexity index is 794. The third-order valence-electron chi connectivity index (χ3n) is 2.95. The van der Waals surface area contributed by atoms with Crippen LogP contribution in [0, 0.1) is 11.2 Å². The van der Waals surface area contributed by atoms with Crippen molar-refractivity contribution in [2.75, 3.05) is 0 Å². The first kappa shape index (κ1) is 12.2. The second-order valence-corrected chi connectivity index (χ2v) is 4.28. The lowest BCUT2D eigenvalue weighted by molar-refractivity contribution is 0.588. The minimum Gasteiger partial charge on any atom is -0.382 e. The lowest BCUT2D eigenvalue weighted by atomic mass is 10.2. The van der Waals surface area contributed by atoms with Crippen LogP contribution in [0.3, 0.4) is 0 Å². The Labute approximate surface area is 113 Å². The molecule has 3 N–H and O–H groups in total. The number of hydrogen-bond acceptors (Lipinski definition) is 4. The van der Waals surface area contributed by atoms with Crippen molar-refractivity contribution in [3.8, 4) is 0 Å².